The van der Waals surface area contributed by atoms with Crippen LogP contribution in [0.2, 0.25) is 0 Å². The second-order valence-corrected chi connectivity index (χ2v) is 10.6. The monoisotopic (exact) mass is 479 g/mol. The number of aromatic nitrogens is 2. The third-order valence-corrected chi connectivity index (χ3v) is 8.27. The van der Waals surface area contributed by atoms with E-state index >= 15 is 0 Å². The minimum Gasteiger partial charge on any atom is -0.368 e. The number of nitrogens with zero attached hydrogens (tertiary/aromatic N) is 5. The van der Waals surface area contributed by atoms with Crippen LogP contribution in [-0.4, -0.2) is 76.0 Å². The van der Waals surface area contributed by atoms with Crippen molar-refractivity contribution < 1.29 is 18.0 Å². The second-order valence-electron chi connectivity index (χ2n) is 10.6. The molecule has 2 unspecified atom stereocenters. The van der Waals surface area contributed by atoms with Crippen LogP contribution in [0.25, 0.3) is 0 Å². The molecule has 1 aromatic heterocycles. The van der Waals surface area contributed by atoms with Gasteiger partial charge in [0.05, 0.1) is 24.6 Å². The van der Waals surface area contributed by atoms with E-state index in [0.717, 1.165) is 38.6 Å². The Hall–Kier alpha value is -2.32. The van der Waals surface area contributed by atoms with Crippen molar-refractivity contribution in [3.63, 3.8) is 0 Å². The van der Waals surface area contributed by atoms with E-state index in [1.165, 1.54) is 12.8 Å². The summed E-state index contributed by atoms with van der Waals surface area (Å²) in [5, 5.41) is 17.5. The zero-order valence-corrected chi connectivity index (χ0v) is 19.2. The van der Waals surface area contributed by atoms with Crippen molar-refractivity contribution in [2.75, 3.05) is 31.5 Å². The lowest BCUT2D eigenvalue weighted by atomic mass is 9.76. The largest absolute Gasteiger partial charge is 0.401 e. The van der Waals surface area contributed by atoms with E-state index in [0.29, 0.717) is 36.4 Å². The Labute approximate surface area is 197 Å². The predicted octanol–water partition coefficient (Wildman–Crippen LogP) is 2.68. The van der Waals surface area contributed by atoms with Gasteiger partial charge in [0.2, 0.25) is 0 Å². The van der Waals surface area contributed by atoms with Gasteiger partial charge in [0, 0.05) is 44.0 Å². The molecule has 1 aromatic rings. The molecule has 11 heteroatoms. The highest BCUT2D eigenvalue weighted by atomic mass is 19.4. The number of rotatable bonds is 8. The first-order valence-electron chi connectivity index (χ1n) is 12.2. The molecule has 3 aliphatic heterocycles. The quantitative estimate of drug-likeness (QED) is 0.594. The zero-order chi connectivity index (χ0) is 24.1. The molecular weight excluding hydrogens is 447 g/mol. The molecule has 8 nitrogen and oxygen atoms in total. The van der Waals surface area contributed by atoms with E-state index in [1.54, 1.807) is 15.8 Å². The Morgan fingerprint density at radius 1 is 1.21 bits per heavy atom. The maximum Gasteiger partial charge on any atom is 0.401 e. The molecule has 2 atom stereocenters. The van der Waals surface area contributed by atoms with Gasteiger partial charge in [0.25, 0.3) is 5.91 Å². The van der Waals surface area contributed by atoms with E-state index in [1.807, 2.05) is 0 Å². The van der Waals surface area contributed by atoms with Crippen molar-refractivity contribution in [2.24, 2.45) is 11.7 Å². The molecule has 1 amide bonds. The number of primary amides is 1. The van der Waals surface area contributed by atoms with Gasteiger partial charge in [-0.25, -0.2) is 0 Å². The minimum absolute atomic E-state index is 0.0180. The van der Waals surface area contributed by atoms with Gasteiger partial charge in [-0.15, -0.1) is 0 Å². The number of piperidine rings is 1. The van der Waals surface area contributed by atoms with Gasteiger partial charge in [-0.2, -0.15) is 23.5 Å². The first kappa shape index (κ1) is 23.4. The van der Waals surface area contributed by atoms with Crippen molar-refractivity contribution in [3.8, 4) is 6.07 Å². The highest BCUT2D eigenvalue weighted by molar-refractivity contribution is 5.97. The number of halogens is 3. The third-order valence-electron chi connectivity index (χ3n) is 8.27. The molecule has 0 radical (unpaired) electrons. The van der Waals surface area contributed by atoms with Crippen molar-refractivity contribution in [3.05, 3.63) is 11.8 Å². The number of hydrogen-bond donors (Lipinski definition) is 2. The number of amides is 1. The number of hydrogen-bond acceptors (Lipinski definition) is 6. The first-order chi connectivity index (χ1) is 16.2. The SMILES string of the molecule is N#CC[C@]1(n2cc(C(N)=O)c(NCC3CC3)n2)CC[C@H](N2CC3CC(C2)N3CC(F)(F)F)CC1. The van der Waals surface area contributed by atoms with Gasteiger partial charge in [-0.3, -0.25) is 19.3 Å². The van der Waals surface area contributed by atoms with Gasteiger partial charge < -0.3 is 11.1 Å². The Balaban J connectivity index is 1.25. The molecule has 5 aliphatic rings. The molecule has 3 N–H and O–H groups in total. The van der Waals surface area contributed by atoms with Gasteiger partial charge in [-0.05, 0) is 50.9 Å². The second kappa shape index (κ2) is 8.72. The van der Waals surface area contributed by atoms with Gasteiger partial charge in [0.15, 0.2) is 5.82 Å². The fraction of sp³-hybridized carbons (Fsp3) is 0.783. The van der Waals surface area contributed by atoms with Gasteiger partial charge in [0.1, 0.15) is 5.56 Å². The van der Waals surface area contributed by atoms with Crippen LogP contribution in [0, 0.1) is 17.2 Å². The summed E-state index contributed by atoms with van der Waals surface area (Å²) in [6.07, 6.45) is 4.15. The van der Waals surface area contributed by atoms with Crippen molar-refractivity contribution >= 4 is 11.7 Å². The summed E-state index contributed by atoms with van der Waals surface area (Å²) >= 11 is 0. The van der Waals surface area contributed by atoms with E-state index in [4.69, 9.17) is 5.73 Å². The van der Waals surface area contributed by atoms with E-state index in [-0.39, 0.29) is 18.5 Å². The minimum atomic E-state index is -4.15. The van der Waals surface area contributed by atoms with Crippen LogP contribution in [0.3, 0.4) is 0 Å². The summed E-state index contributed by atoms with van der Waals surface area (Å²) in [5.41, 5.74) is 5.45. The van der Waals surface area contributed by atoms with E-state index < -0.39 is 24.2 Å². The molecule has 0 aromatic carbocycles. The molecule has 2 aliphatic carbocycles. The normalized spacial score (nSPS) is 32.1. The molecule has 3 saturated heterocycles. The topological polar surface area (TPSA) is 103 Å². The number of carbonyl (C=O) groups is 1. The molecule has 0 spiro atoms. The smallest absolute Gasteiger partial charge is 0.368 e. The van der Waals surface area contributed by atoms with Crippen LogP contribution >= 0.6 is 0 Å². The summed E-state index contributed by atoms with van der Waals surface area (Å²) in [7, 11) is 0. The average Bonchev–Trinajstić information content (AvgIpc) is 3.52. The molecule has 2 saturated carbocycles. The Morgan fingerprint density at radius 2 is 1.88 bits per heavy atom. The van der Waals surface area contributed by atoms with Crippen LogP contribution in [0.1, 0.15) is 61.7 Å². The number of anilines is 1. The summed E-state index contributed by atoms with van der Waals surface area (Å²) in [5.74, 6) is 0.554. The van der Waals surface area contributed by atoms with Crippen molar-refractivity contribution in [2.45, 2.75) is 81.2 Å². The number of nitriles is 1. The molecular formula is C23H32F3N7O. The molecule has 2 bridgehead atoms. The van der Waals surface area contributed by atoms with Gasteiger partial charge >= 0.3 is 6.18 Å². The summed E-state index contributed by atoms with van der Waals surface area (Å²) in [6.45, 7) is 1.29. The molecule has 4 heterocycles. The Kier molecular flexibility index (Phi) is 6.01. The van der Waals surface area contributed by atoms with Crippen LogP contribution in [0.4, 0.5) is 19.0 Å². The average molecular weight is 480 g/mol. The fourth-order valence-corrected chi connectivity index (χ4v) is 6.11. The summed E-state index contributed by atoms with van der Waals surface area (Å²) < 4.78 is 40.3. The Bertz CT molecular complexity index is 947. The molecule has 6 rings (SSSR count). The lowest BCUT2D eigenvalue weighted by Gasteiger charge is -2.58. The fourth-order valence-electron chi connectivity index (χ4n) is 6.11. The third kappa shape index (κ3) is 4.62. The van der Waals surface area contributed by atoms with Crippen LogP contribution in [-0.2, 0) is 5.54 Å². The molecule has 34 heavy (non-hydrogen) atoms. The van der Waals surface area contributed by atoms with Crippen molar-refractivity contribution in [1.82, 2.24) is 19.6 Å². The zero-order valence-electron chi connectivity index (χ0n) is 19.2. The van der Waals surface area contributed by atoms with Gasteiger partial charge in [-0.1, -0.05) is 0 Å². The lowest BCUT2D eigenvalue weighted by molar-refractivity contribution is -0.191. The van der Waals surface area contributed by atoms with Crippen LogP contribution in [0.15, 0.2) is 6.20 Å². The number of fused-ring (bicyclic) bond motifs is 2. The number of alkyl halides is 3. The summed E-state index contributed by atoms with van der Waals surface area (Å²) in [6, 6.07) is 2.57. The lowest BCUT2D eigenvalue weighted by Crippen LogP contribution is -2.71. The number of piperazine rings is 1. The summed E-state index contributed by atoms with van der Waals surface area (Å²) in [4.78, 5) is 16.0. The standard InChI is InChI=1S/C23H32F3N7O/c24-23(25,26)14-32-17-9-18(32)12-31(11-17)16-3-5-22(6-4-16,7-8-27)33-13-19(20(28)34)21(30-33)29-10-15-1-2-15/h13,15-18H,1-7,9-12,14H2,(H2,28,34)(H,29,30)/t16-,17?,18?,22-. The molecule has 186 valence electrons. The number of nitrogens with one attached hydrogen (secondary N) is 1. The maximum atomic E-state index is 12.9. The maximum absolute atomic E-state index is 12.9. The predicted molar refractivity (Wildman–Crippen MR) is 119 cm³/mol. The molecule has 5 fully saturated rings. The Morgan fingerprint density at radius 3 is 2.44 bits per heavy atom. The first-order valence-corrected chi connectivity index (χ1v) is 12.2. The highest BCUT2D eigenvalue weighted by Gasteiger charge is 2.50. The van der Waals surface area contributed by atoms with E-state index in [9.17, 15) is 23.2 Å². The van der Waals surface area contributed by atoms with Crippen LogP contribution in [0.5, 0.6) is 0 Å². The van der Waals surface area contributed by atoms with Crippen molar-refractivity contribution in [1.29, 1.82) is 5.26 Å². The number of carbonyl (C=O) groups excluding carboxylic acids is 1. The van der Waals surface area contributed by atoms with Crippen LogP contribution < -0.4 is 11.1 Å². The van der Waals surface area contributed by atoms with E-state index in [2.05, 4.69) is 21.4 Å². The number of nitrogens with two attached hydrogens (primary N) is 1. The highest BCUT2D eigenvalue weighted by Crippen LogP contribution is 2.43.